The Morgan fingerprint density at radius 2 is 2.19 bits per heavy atom. The molecule has 0 aliphatic heterocycles. The Kier molecular flexibility index (Phi) is 3.35. The third-order valence-corrected chi connectivity index (χ3v) is 3.08. The van der Waals surface area contributed by atoms with Crippen molar-refractivity contribution < 1.29 is 0 Å². The normalized spacial score (nSPS) is 24.8. The number of nitrogens with one attached hydrogen (secondary N) is 1. The van der Waals surface area contributed by atoms with E-state index < -0.39 is 0 Å². The average Bonchev–Trinajstić information content (AvgIpc) is 2.30. The molecule has 4 nitrogen and oxygen atoms in total. The molecular weight excluding hydrogens is 200 g/mol. The zero-order chi connectivity index (χ0) is 11.4. The second-order valence-corrected chi connectivity index (χ2v) is 4.48. The first-order valence-electron chi connectivity index (χ1n) is 5.77. The molecule has 0 aromatic carbocycles. The van der Waals surface area contributed by atoms with Crippen LogP contribution >= 0.6 is 0 Å². The van der Waals surface area contributed by atoms with Gasteiger partial charge in [0.05, 0.1) is 0 Å². The molecular formula is C12H16N4. The second kappa shape index (κ2) is 4.93. The van der Waals surface area contributed by atoms with E-state index in [1.165, 1.54) is 12.8 Å². The molecule has 84 valence electrons. The molecule has 16 heavy (non-hydrogen) atoms. The Balaban J connectivity index is 2.06. The number of aromatic nitrogens is 2. The van der Waals surface area contributed by atoms with E-state index in [1.807, 2.05) is 0 Å². The molecule has 2 unspecified atom stereocenters. The summed E-state index contributed by atoms with van der Waals surface area (Å²) < 4.78 is 0. The maximum Gasteiger partial charge on any atom is 0.182 e. The van der Waals surface area contributed by atoms with E-state index in [0.29, 0.717) is 17.6 Å². The van der Waals surface area contributed by atoms with E-state index in [1.54, 1.807) is 12.4 Å². The summed E-state index contributed by atoms with van der Waals surface area (Å²) >= 11 is 0. The number of hydrogen-bond acceptors (Lipinski definition) is 4. The number of nitriles is 1. The van der Waals surface area contributed by atoms with Crippen LogP contribution in [-0.2, 0) is 0 Å². The van der Waals surface area contributed by atoms with E-state index >= 15 is 0 Å². The maximum atomic E-state index is 8.91. The van der Waals surface area contributed by atoms with Gasteiger partial charge in [-0.15, -0.1) is 0 Å². The smallest absolute Gasteiger partial charge is 0.182 e. The first-order valence-corrected chi connectivity index (χ1v) is 5.77. The molecule has 0 amide bonds. The van der Waals surface area contributed by atoms with Gasteiger partial charge in [-0.1, -0.05) is 19.8 Å². The first-order chi connectivity index (χ1) is 7.79. The summed E-state index contributed by atoms with van der Waals surface area (Å²) in [5, 5.41) is 12.2. The lowest BCUT2D eigenvalue weighted by Crippen LogP contribution is -2.27. The number of hydrogen-bond donors (Lipinski definition) is 1. The molecule has 0 spiro atoms. The van der Waals surface area contributed by atoms with Crippen LogP contribution < -0.4 is 5.32 Å². The Morgan fingerprint density at radius 1 is 1.38 bits per heavy atom. The van der Waals surface area contributed by atoms with Crippen molar-refractivity contribution in [2.45, 2.75) is 38.6 Å². The molecule has 1 N–H and O–H groups in total. The fourth-order valence-corrected chi connectivity index (χ4v) is 2.28. The predicted octanol–water partition coefficient (Wildman–Crippen LogP) is 2.34. The van der Waals surface area contributed by atoms with E-state index in [4.69, 9.17) is 5.26 Å². The van der Waals surface area contributed by atoms with Crippen molar-refractivity contribution in [3.8, 4) is 6.07 Å². The molecule has 2 atom stereocenters. The lowest BCUT2D eigenvalue weighted by atomic mass is 9.87. The van der Waals surface area contributed by atoms with Crippen LogP contribution in [0.1, 0.15) is 38.3 Å². The largest absolute Gasteiger partial charge is 0.365 e. The van der Waals surface area contributed by atoms with Crippen molar-refractivity contribution in [2.24, 2.45) is 5.92 Å². The highest BCUT2D eigenvalue weighted by Gasteiger charge is 2.19. The summed E-state index contributed by atoms with van der Waals surface area (Å²) in [4.78, 5) is 8.17. The molecule has 0 bridgehead atoms. The van der Waals surface area contributed by atoms with Crippen molar-refractivity contribution in [3.63, 3.8) is 0 Å². The van der Waals surface area contributed by atoms with Crippen LogP contribution in [0.25, 0.3) is 0 Å². The second-order valence-electron chi connectivity index (χ2n) is 4.48. The lowest BCUT2D eigenvalue weighted by Gasteiger charge is -2.27. The van der Waals surface area contributed by atoms with Gasteiger partial charge in [0, 0.05) is 18.4 Å². The maximum absolute atomic E-state index is 8.91. The lowest BCUT2D eigenvalue weighted by molar-refractivity contribution is 0.358. The minimum Gasteiger partial charge on any atom is -0.365 e. The van der Waals surface area contributed by atoms with Crippen LogP contribution in [0.4, 0.5) is 5.82 Å². The molecule has 1 fully saturated rings. The van der Waals surface area contributed by atoms with E-state index in [-0.39, 0.29) is 0 Å². The highest BCUT2D eigenvalue weighted by molar-refractivity contribution is 5.47. The fourth-order valence-electron chi connectivity index (χ4n) is 2.28. The number of nitrogens with zero attached hydrogens (tertiary/aromatic N) is 3. The molecule has 0 saturated heterocycles. The van der Waals surface area contributed by atoms with Crippen molar-refractivity contribution in [1.29, 1.82) is 5.26 Å². The van der Waals surface area contributed by atoms with E-state index in [2.05, 4.69) is 28.3 Å². The van der Waals surface area contributed by atoms with Gasteiger partial charge in [-0.25, -0.2) is 9.97 Å². The van der Waals surface area contributed by atoms with Crippen LogP contribution in [0.3, 0.4) is 0 Å². The summed E-state index contributed by atoms with van der Waals surface area (Å²) in [7, 11) is 0. The van der Waals surface area contributed by atoms with Gasteiger partial charge in [0.1, 0.15) is 6.07 Å². The molecule has 1 heterocycles. The highest BCUT2D eigenvalue weighted by atomic mass is 15.0. The molecule has 1 aromatic heterocycles. The van der Waals surface area contributed by atoms with Crippen LogP contribution in [0, 0.1) is 17.2 Å². The average molecular weight is 216 g/mol. The van der Waals surface area contributed by atoms with Gasteiger partial charge in [-0.3, -0.25) is 0 Å². The Bertz CT molecular complexity index is 396. The van der Waals surface area contributed by atoms with Gasteiger partial charge < -0.3 is 5.32 Å². The molecule has 0 radical (unpaired) electrons. The fraction of sp³-hybridized carbons (Fsp3) is 0.583. The number of rotatable bonds is 2. The molecule has 4 heteroatoms. The summed E-state index contributed by atoms with van der Waals surface area (Å²) in [5.74, 6) is 1.39. The van der Waals surface area contributed by atoms with Crippen molar-refractivity contribution in [3.05, 3.63) is 18.1 Å². The van der Waals surface area contributed by atoms with Crippen molar-refractivity contribution >= 4 is 5.82 Å². The Labute approximate surface area is 95.7 Å². The number of anilines is 1. The van der Waals surface area contributed by atoms with Crippen LogP contribution in [0.5, 0.6) is 0 Å². The first kappa shape index (κ1) is 10.9. The Morgan fingerprint density at radius 3 is 2.94 bits per heavy atom. The van der Waals surface area contributed by atoms with Crippen LogP contribution in [0.2, 0.25) is 0 Å². The summed E-state index contributed by atoms with van der Waals surface area (Å²) in [6, 6.07) is 2.50. The summed E-state index contributed by atoms with van der Waals surface area (Å²) in [5.41, 5.74) is 0.390. The van der Waals surface area contributed by atoms with Crippen molar-refractivity contribution in [2.75, 3.05) is 5.32 Å². The van der Waals surface area contributed by atoms with E-state index in [9.17, 15) is 0 Å². The molecule has 1 aliphatic rings. The molecule has 1 aliphatic carbocycles. The van der Waals surface area contributed by atoms with Gasteiger partial charge in [-0.2, -0.15) is 5.26 Å². The topological polar surface area (TPSA) is 61.6 Å². The summed E-state index contributed by atoms with van der Waals surface area (Å²) in [6.45, 7) is 2.27. The van der Waals surface area contributed by atoms with Gasteiger partial charge in [-0.05, 0) is 18.8 Å². The van der Waals surface area contributed by atoms with Gasteiger partial charge >= 0.3 is 0 Å². The van der Waals surface area contributed by atoms with Gasteiger partial charge in [0.2, 0.25) is 0 Å². The zero-order valence-electron chi connectivity index (χ0n) is 9.48. The summed E-state index contributed by atoms with van der Waals surface area (Å²) in [6.07, 6.45) is 8.04. The van der Waals surface area contributed by atoms with E-state index in [0.717, 1.165) is 18.8 Å². The van der Waals surface area contributed by atoms with Gasteiger partial charge in [0.15, 0.2) is 11.5 Å². The van der Waals surface area contributed by atoms with Crippen LogP contribution in [-0.4, -0.2) is 16.0 Å². The van der Waals surface area contributed by atoms with Gasteiger partial charge in [0.25, 0.3) is 0 Å². The Hall–Kier alpha value is -1.63. The third kappa shape index (κ3) is 2.48. The SMILES string of the molecule is CC1CCCC(Nc2nccnc2C#N)C1. The minimum absolute atomic E-state index is 0.390. The van der Waals surface area contributed by atoms with Crippen molar-refractivity contribution in [1.82, 2.24) is 9.97 Å². The highest BCUT2D eigenvalue weighted by Crippen LogP contribution is 2.26. The van der Waals surface area contributed by atoms with Crippen LogP contribution in [0.15, 0.2) is 12.4 Å². The molecule has 2 rings (SSSR count). The third-order valence-electron chi connectivity index (χ3n) is 3.08. The molecule has 1 aromatic rings. The molecule has 1 saturated carbocycles. The predicted molar refractivity (Wildman–Crippen MR) is 61.8 cm³/mol. The zero-order valence-corrected chi connectivity index (χ0v) is 9.48. The minimum atomic E-state index is 0.390. The monoisotopic (exact) mass is 216 g/mol. The quantitative estimate of drug-likeness (QED) is 0.824. The standard InChI is InChI=1S/C12H16N4/c1-9-3-2-4-10(7-9)16-12-11(8-13)14-5-6-15-12/h5-6,9-10H,2-4,7H2,1H3,(H,15,16).